The topological polar surface area (TPSA) is 45.1 Å². The maximum atomic E-state index is 8.45. The molecule has 0 unspecified atom stereocenters. The van der Waals surface area contributed by atoms with Crippen molar-refractivity contribution in [3.63, 3.8) is 0 Å². The highest BCUT2D eigenvalue weighted by Gasteiger charge is 1.98. The van der Waals surface area contributed by atoms with Gasteiger partial charge in [-0.05, 0) is 37.9 Å². The van der Waals surface area contributed by atoms with Crippen molar-refractivity contribution in [3.05, 3.63) is 21.2 Å². The number of nitrogens with one attached hydrogen (secondary N) is 1. The molecule has 0 spiro atoms. The van der Waals surface area contributed by atoms with E-state index in [0.29, 0.717) is 10.3 Å². The molecular formula is C5H4Br2N2O. The summed E-state index contributed by atoms with van der Waals surface area (Å²) in [4.78, 5) is 3.84. The molecule has 0 saturated carbocycles. The molecule has 5 heteroatoms. The first-order valence-corrected chi connectivity index (χ1v) is 4.04. The Balaban J connectivity index is 3.07. The van der Waals surface area contributed by atoms with Crippen LogP contribution in [0.15, 0.2) is 21.2 Å². The first kappa shape index (κ1) is 7.97. The molecule has 1 aromatic heterocycles. The third kappa shape index (κ3) is 1.68. The summed E-state index contributed by atoms with van der Waals surface area (Å²) >= 11 is 6.42. The second kappa shape index (κ2) is 3.32. The normalized spacial score (nSPS) is 9.50. The molecule has 0 aliphatic heterocycles. The molecule has 1 heterocycles. The molecule has 0 radical (unpaired) electrons. The van der Waals surface area contributed by atoms with E-state index in [-0.39, 0.29) is 0 Å². The van der Waals surface area contributed by atoms with E-state index < -0.39 is 0 Å². The lowest BCUT2D eigenvalue weighted by molar-refractivity contribution is 0.385. The number of pyridine rings is 1. The fourth-order valence-electron chi connectivity index (χ4n) is 0.497. The highest BCUT2D eigenvalue weighted by molar-refractivity contribution is 9.11. The summed E-state index contributed by atoms with van der Waals surface area (Å²) in [6, 6.07) is 1.78. The van der Waals surface area contributed by atoms with Gasteiger partial charge in [-0.15, -0.1) is 0 Å². The van der Waals surface area contributed by atoms with E-state index >= 15 is 0 Å². The Labute approximate surface area is 74.7 Å². The van der Waals surface area contributed by atoms with Gasteiger partial charge in [0.1, 0.15) is 0 Å². The summed E-state index contributed by atoms with van der Waals surface area (Å²) in [5.41, 5.74) is 1.94. The van der Waals surface area contributed by atoms with E-state index in [1.807, 2.05) is 5.48 Å². The summed E-state index contributed by atoms with van der Waals surface area (Å²) in [5, 5.41) is 8.45. The number of halogens is 2. The van der Waals surface area contributed by atoms with E-state index in [1.165, 1.54) is 0 Å². The summed E-state index contributed by atoms with van der Waals surface area (Å²) < 4.78 is 1.57. The molecule has 0 bridgehead atoms. The van der Waals surface area contributed by atoms with Crippen molar-refractivity contribution in [3.8, 4) is 0 Å². The van der Waals surface area contributed by atoms with Gasteiger partial charge in [-0.2, -0.15) is 0 Å². The van der Waals surface area contributed by atoms with Gasteiger partial charge in [-0.1, -0.05) is 0 Å². The minimum absolute atomic E-state index is 0.406. The summed E-state index contributed by atoms with van der Waals surface area (Å²) in [7, 11) is 0. The van der Waals surface area contributed by atoms with Crippen LogP contribution in [0.5, 0.6) is 0 Å². The summed E-state index contributed by atoms with van der Waals surface area (Å²) in [5.74, 6) is 0.406. The van der Waals surface area contributed by atoms with Crippen LogP contribution in [-0.2, 0) is 0 Å². The van der Waals surface area contributed by atoms with Gasteiger partial charge in [-0.3, -0.25) is 10.7 Å². The fraction of sp³-hybridized carbons (Fsp3) is 0. The molecule has 0 atom stereocenters. The van der Waals surface area contributed by atoms with Crippen molar-refractivity contribution in [2.75, 3.05) is 5.48 Å². The zero-order valence-corrected chi connectivity index (χ0v) is 7.98. The first-order chi connectivity index (χ1) is 4.74. The minimum atomic E-state index is 0.406. The summed E-state index contributed by atoms with van der Waals surface area (Å²) in [6.07, 6.45) is 1.59. The standard InChI is InChI=1S/C5H4Br2N2O/c6-3-1-4(7)5(9-10)8-2-3/h1-2,10H,(H,8,9). The maximum absolute atomic E-state index is 8.45. The van der Waals surface area contributed by atoms with Crippen LogP contribution in [0.1, 0.15) is 0 Å². The maximum Gasteiger partial charge on any atom is 0.164 e. The number of nitrogens with zero attached hydrogens (tertiary/aromatic N) is 1. The van der Waals surface area contributed by atoms with Crippen LogP contribution >= 0.6 is 31.9 Å². The van der Waals surface area contributed by atoms with Gasteiger partial charge in [0.05, 0.1) is 4.47 Å². The van der Waals surface area contributed by atoms with Gasteiger partial charge in [0, 0.05) is 10.7 Å². The van der Waals surface area contributed by atoms with E-state index in [4.69, 9.17) is 5.21 Å². The van der Waals surface area contributed by atoms with Crippen LogP contribution in [0.3, 0.4) is 0 Å². The molecule has 10 heavy (non-hydrogen) atoms. The SMILES string of the molecule is ONc1ncc(Br)cc1Br. The van der Waals surface area contributed by atoms with Crippen molar-refractivity contribution in [1.82, 2.24) is 4.98 Å². The Kier molecular flexibility index (Phi) is 2.64. The molecule has 0 aliphatic carbocycles. The van der Waals surface area contributed by atoms with Crippen LogP contribution < -0.4 is 5.48 Å². The number of rotatable bonds is 1. The Morgan fingerprint density at radius 3 is 2.70 bits per heavy atom. The van der Waals surface area contributed by atoms with Gasteiger partial charge in [0.2, 0.25) is 0 Å². The van der Waals surface area contributed by atoms with Crippen molar-refractivity contribution in [1.29, 1.82) is 0 Å². The van der Waals surface area contributed by atoms with E-state index in [2.05, 4.69) is 36.8 Å². The monoisotopic (exact) mass is 266 g/mol. The van der Waals surface area contributed by atoms with Gasteiger partial charge in [-0.25, -0.2) is 4.98 Å². The predicted octanol–water partition coefficient (Wildman–Crippen LogP) is 2.41. The Morgan fingerprint density at radius 1 is 1.50 bits per heavy atom. The highest BCUT2D eigenvalue weighted by atomic mass is 79.9. The van der Waals surface area contributed by atoms with Gasteiger partial charge < -0.3 is 0 Å². The molecule has 54 valence electrons. The van der Waals surface area contributed by atoms with Gasteiger partial charge in [0.25, 0.3) is 0 Å². The quantitative estimate of drug-likeness (QED) is 0.768. The number of anilines is 1. The average molecular weight is 268 g/mol. The Morgan fingerprint density at radius 2 is 2.20 bits per heavy atom. The zero-order chi connectivity index (χ0) is 7.56. The molecule has 0 aliphatic rings. The van der Waals surface area contributed by atoms with Gasteiger partial charge >= 0.3 is 0 Å². The van der Waals surface area contributed by atoms with Crippen molar-refractivity contribution in [2.45, 2.75) is 0 Å². The van der Waals surface area contributed by atoms with E-state index in [1.54, 1.807) is 12.3 Å². The molecule has 2 N–H and O–H groups in total. The fourth-order valence-corrected chi connectivity index (χ4v) is 1.57. The second-order valence-electron chi connectivity index (χ2n) is 1.60. The lowest BCUT2D eigenvalue weighted by atomic mass is 10.5. The van der Waals surface area contributed by atoms with Crippen LogP contribution in [0.2, 0.25) is 0 Å². The Hall–Kier alpha value is -0.130. The Bertz CT molecular complexity index is 241. The average Bonchev–Trinajstić information content (AvgIpc) is 1.88. The molecule has 0 saturated heterocycles. The third-order valence-corrected chi connectivity index (χ3v) is 1.95. The molecule has 1 rings (SSSR count). The second-order valence-corrected chi connectivity index (χ2v) is 3.37. The molecule has 3 nitrogen and oxygen atoms in total. The van der Waals surface area contributed by atoms with Crippen molar-refractivity contribution in [2.24, 2.45) is 0 Å². The minimum Gasteiger partial charge on any atom is -0.290 e. The molecule has 0 fully saturated rings. The number of hydrogen-bond donors (Lipinski definition) is 2. The highest BCUT2D eigenvalue weighted by Crippen LogP contribution is 2.22. The van der Waals surface area contributed by atoms with Crippen molar-refractivity contribution >= 4 is 37.7 Å². The smallest absolute Gasteiger partial charge is 0.164 e. The lowest BCUT2D eigenvalue weighted by Gasteiger charge is -1.99. The number of hydrogen-bond acceptors (Lipinski definition) is 3. The number of aromatic nitrogens is 1. The molecule has 1 aromatic rings. The van der Waals surface area contributed by atoms with E-state index in [0.717, 1.165) is 4.47 Å². The van der Waals surface area contributed by atoms with Crippen LogP contribution in [0, 0.1) is 0 Å². The third-order valence-electron chi connectivity index (χ3n) is 0.914. The predicted molar refractivity (Wildman–Crippen MR) is 45.0 cm³/mol. The van der Waals surface area contributed by atoms with Crippen LogP contribution in [-0.4, -0.2) is 10.2 Å². The molecule has 0 amide bonds. The van der Waals surface area contributed by atoms with Crippen molar-refractivity contribution < 1.29 is 5.21 Å². The first-order valence-electron chi connectivity index (χ1n) is 2.45. The zero-order valence-electron chi connectivity index (χ0n) is 4.81. The van der Waals surface area contributed by atoms with Crippen LogP contribution in [0.25, 0.3) is 0 Å². The molecule has 0 aromatic carbocycles. The molecular weight excluding hydrogens is 264 g/mol. The largest absolute Gasteiger partial charge is 0.290 e. The lowest BCUT2D eigenvalue weighted by Crippen LogP contribution is -1.93. The summed E-state index contributed by atoms with van der Waals surface area (Å²) in [6.45, 7) is 0. The van der Waals surface area contributed by atoms with E-state index in [9.17, 15) is 0 Å². The van der Waals surface area contributed by atoms with Crippen LogP contribution in [0.4, 0.5) is 5.82 Å². The van der Waals surface area contributed by atoms with Gasteiger partial charge in [0.15, 0.2) is 5.82 Å².